The Hall–Kier alpha value is -1.46. The Morgan fingerprint density at radius 2 is 2.27 bits per heavy atom. The Kier molecular flexibility index (Phi) is 3.84. The molecule has 2 aromatic rings. The molecule has 2 fully saturated rings. The van der Waals surface area contributed by atoms with Gasteiger partial charge in [0.1, 0.15) is 11.3 Å². The van der Waals surface area contributed by atoms with E-state index in [0.717, 1.165) is 30.8 Å². The van der Waals surface area contributed by atoms with E-state index in [0.29, 0.717) is 12.1 Å². The number of nitrogens with zero attached hydrogens (tertiary/aromatic N) is 4. The summed E-state index contributed by atoms with van der Waals surface area (Å²) in [5.74, 6) is 1.24. The maximum atomic E-state index is 5.00. The second-order valence-corrected chi connectivity index (χ2v) is 6.47. The van der Waals surface area contributed by atoms with Crippen LogP contribution in [0.15, 0.2) is 18.3 Å². The molecule has 118 valence electrons. The van der Waals surface area contributed by atoms with Gasteiger partial charge in [0.15, 0.2) is 5.65 Å². The molecule has 4 rings (SSSR count). The zero-order chi connectivity index (χ0) is 14.9. The molecule has 1 N–H and O–H groups in total. The molecule has 2 aliphatic heterocycles. The molecular formula is C17H25N5. The van der Waals surface area contributed by atoms with Gasteiger partial charge in [-0.1, -0.05) is 6.92 Å². The molecule has 0 spiro atoms. The number of piperidine rings is 1. The van der Waals surface area contributed by atoms with Crippen LogP contribution in [0, 0.1) is 0 Å². The Bertz CT molecular complexity index is 644. The third kappa shape index (κ3) is 2.32. The summed E-state index contributed by atoms with van der Waals surface area (Å²) in [6, 6.07) is 5.04. The van der Waals surface area contributed by atoms with E-state index < -0.39 is 0 Å². The van der Waals surface area contributed by atoms with Gasteiger partial charge in [-0.25, -0.2) is 9.97 Å². The quantitative estimate of drug-likeness (QED) is 0.946. The predicted octanol–water partition coefficient (Wildman–Crippen LogP) is 2.51. The van der Waals surface area contributed by atoms with Gasteiger partial charge in [-0.3, -0.25) is 4.90 Å². The van der Waals surface area contributed by atoms with Gasteiger partial charge in [0.2, 0.25) is 0 Å². The number of imidazole rings is 1. The first-order valence-corrected chi connectivity index (χ1v) is 8.66. The Morgan fingerprint density at radius 3 is 3.09 bits per heavy atom. The van der Waals surface area contributed by atoms with Crippen LogP contribution in [0.25, 0.3) is 11.2 Å². The molecule has 0 saturated carbocycles. The molecule has 0 aromatic carbocycles. The maximum absolute atomic E-state index is 5.00. The number of pyridine rings is 1. The highest BCUT2D eigenvalue weighted by Crippen LogP contribution is 2.35. The fourth-order valence-electron chi connectivity index (χ4n) is 4.09. The molecule has 5 nitrogen and oxygen atoms in total. The zero-order valence-corrected chi connectivity index (χ0v) is 13.3. The van der Waals surface area contributed by atoms with E-state index in [9.17, 15) is 0 Å². The highest BCUT2D eigenvalue weighted by Gasteiger charge is 2.32. The summed E-state index contributed by atoms with van der Waals surface area (Å²) in [4.78, 5) is 12.2. The van der Waals surface area contributed by atoms with Crippen LogP contribution in [0.4, 0.5) is 0 Å². The predicted molar refractivity (Wildman–Crippen MR) is 87.9 cm³/mol. The topological polar surface area (TPSA) is 46.0 Å². The van der Waals surface area contributed by atoms with Gasteiger partial charge < -0.3 is 9.88 Å². The van der Waals surface area contributed by atoms with Gasteiger partial charge >= 0.3 is 0 Å². The molecule has 2 atom stereocenters. The van der Waals surface area contributed by atoms with Gasteiger partial charge in [-0.2, -0.15) is 0 Å². The van der Waals surface area contributed by atoms with Crippen molar-refractivity contribution in [1.82, 2.24) is 24.8 Å². The summed E-state index contributed by atoms with van der Waals surface area (Å²) in [5.41, 5.74) is 2.11. The fourth-order valence-corrected chi connectivity index (χ4v) is 4.09. The van der Waals surface area contributed by atoms with Crippen LogP contribution < -0.4 is 5.32 Å². The van der Waals surface area contributed by atoms with Crippen LogP contribution in [0.5, 0.6) is 0 Å². The fraction of sp³-hybridized carbons (Fsp3) is 0.647. The van der Waals surface area contributed by atoms with E-state index in [1.807, 2.05) is 12.3 Å². The number of rotatable bonds is 3. The molecule has 0 radical (unpaired) electrons. The van der Waals surface area contributed by atoms with E-state index >= 15 is 0 Å². The second kappa shape index (κ2) is 5.97. The maximum Gasteiger partial charge on any atom is 0.160 e. The van der Waals surface area contributed by atoms with Crippen molar-refractivity contribution < 1.29 is 0 Å². The van der Waals surface area contributed by atoms with Crippen molar-refractivity contribution in [3.63, 3.8) is 0 Å². The number of aromatic nitrogens is 3. The van der Waals surface area contributed by atoms with Crippen molar-refractivity contribution in [2.75, 3.05) is 26.2 Å². The highest BCUT2D eigenvalue weighted by atomic mass is 15.3. The lowest BCUT2D eigenvalue weighted by Crippen LogP contribution is -2.34. The molecule has 2 unspecified atom stereocenters. The first kappa shape index (κ1) is 14.2. The van der Waals surface area contributed by atoms with Crippen LogP contribution in [-0.2, 0) is 0 Å². The summed E-state index contributed by atoms with van der Waals surface area (Å²) >= 11 is 0. The van der Waals surface area contributed by atoms with Crippen LogP contribution in [0.2, 0.25) is 0 Å². The number of hydrogen-bond acceptors (Lipinski definition) is 4. The van der Waals surface area contributed by atoms with Crippen LogP contribution in [-0.4, -0.2) is 45.6 Å². The average molecular weight is 299 g/mol. The number of nitrogens with one attached hydrogen (secondary N) is 1. The van der Waals surface area contributed by atoms with Crippen LogP contribution >= 0.6 is 0 Å². The molecule has 0 amide bonds. The standard InChI is InChI=1S/C17H25N5/c1-2-21-11-5-8-15(21)17-20-14-7-4-10-19-16(14)22(17)13-6-3-9-18-12-13/h4,7,10,13,15,18H,2-3,5-6,8-9,11-12H2,1H3. The highest BCUT2D eigenvalue weighted by molar-refractivity contribution is 5.71. The molecular weight excluding hydrogens is 274 g/mol. The van der Waals surface area contributed by atoms with E-state index in [1.54, 1.807) is 0 Å². The molecule has 22 heavy (non-hydrogen) atoms. The van der Waals surface area contributed by atoms with E-state index in [1.165, 1.54) is 38.1 Å². The normalized spacial score (nSPS) is 26.8. The molecule has 2 aromatic heterocycles. The van der Waals surface area contributed by atoms with Crippen LogP contribution in [0.1, 0.15) is 50.5 Å². The summed E-state index contributed by atoms with van der Waals surface area (Å²) < 4.78 is 2.44. The lowest BCUT2D eigenvalue weighted by molar-refractivity contribution is 0.248. The largest absolute Gasteiger partial charge is 0.315 e. The van der Waals surface area contributed by atoms with Crippen molar-refractivity contribution in [3.8, 4) is 0 Å². The van der Waals surface area contributed by atoms with Gasteiger partial charge in [-0.15, -0.1) is 0 Å². The Balaban J connectivity index is 1.82. The minimum absolute atomic E-state index is 0.459. The molecule has 2 aliphatic rings. The van der Waals surface area contributed by atoms with E-state index in [-0.39, 0.29) is 0 Å². The van der Waals surface area contributed by atoms with Gasteiger partial charge in [-0.05, 0) is 57.5 Å². The van der Waals surface area contributed by atoms with Crippen molar-refractivity contribution >= 4 is 11.2 Å². The van der Waals surface area contributed by atoms with Gasteiger partial charge in [0.25, 0.3) is 0 Å². The molecule has 2 saturated heterocycles. The third-order valence-electron chi connectivity index (χ3n) is 5.18. The Labute approximate surface area is 131 Å². The third-order valence-corrected chi connectivity index (χ3v) is 5.18. The van der Waals surface area contributed by atoms with E-state index in [4.69, 9.17) is 4.98 Å². The summed E-state index contributed by atoms with van der Waals surface area (Å²) in [7, 11) is 0. The van der Waals surface area contributed by atoms with Crippen molar-refractivity contribution in [1.29, 1.82) is 0 Å². The lowest BCUT2D eigenvalue weighted by atomic mass is 10.1. The van der Waals surface area contributed by atoms with Gasteiger partial charge in [0, 0.05) is 18.8 Å². The average Bonchev–Trinajstić information content (AvgIpc) is 3.19. The smallest absolute Gasteiger partial charge is 0.160 e. The van der Waals surface area contributed by atoms with Crippen molar-refractivity contribution in [3.05, 3.63) is 24.2 Å². The number of likely N-dealkylation sites (tertiary alicyclic amines) is 1. The zero-order valence-electron chi connectivity index (χ0n) is 13.3. The number of hydrogen-bond donors (Lipinski definition) is 1. The Morgan fingerprint density at radius 1 is 1.32 bits per heavy atom. The summed E-state index contributed by atoms with van der Waals surface area (Å²) in [5, 5.41) is 3.54. The van der Waals surface area contributed by atoms with Gasteiger partial charge in [0.05, 0.1) is 6.04 Å². The first-order valence-electron chi connectivity index (χ1n) is 8.66. The monoisotopic (exact) mass is 299 g/mol. The van der Waals surface area contributed by atoms with E-state index in [2.05, 4.69) is 32.8 Å². The first-order chi connectivity index (χ1) is 10.9. The second-order valence-electron chi connectivity index (χ2n) is 6.47. The molecule has 0 aliphatic carbocycles. The molecule has 0 bridgehead atoms. The lowest BCUT2D eigenvalue weighted by Gasteiger charge is -2.29. The molecule has 4 heterocycles. The van der Waals surface area contributed by atoms with Crippen LogP contribution in [0.3, 0.4) is 0 Å². The SMILES string of the molecule is CCN1CCCC1c1nc2cccnc2n1C1CCCNC1. The summed E-state index contributed by atoms with van der Waals surface area (Å²) in [6.45, 7) is 6.72. The summed E-state index contributed by atoms with van der Waals surface area (Å²) in [6.07, 6.45) is 6.85. The minimum Gasteiger partial charge on any atom is -0.315 e. The van der Waals surface area contributed by atoms with Crippen molar-refractivity contribution in [2.45, 2.75) is 44.7 Å². The van der Waals surface area contributed by atoms with Crippen molar-refractivity contribution in [2.24, 2.45) is 0 Å². The molecule has 5 heteroatoms. The minimum atomic E-state index is 0.459. The number of fused-ring (bicyclic) bond motifs is 1.